The molecule has 134 valence electrons. The van der Waals surface area contributed by atoms with Crippen LogP contribution in [0.3, 0.4) is 0 Å². The Balaban J connectivity index is 1.92. The summed E-state index contributed by atoms with van der Waals surface area (Å²) in [6.45, 7) is 5.97. The SMILES string of the molecule is CCN(CC)C(=O)c1ccc(CNC(=O)c2ccc(COC)o2)cc1. The Morgan fingerprint density at radius 1 is 1.08 bits per heavy atom. The van der Waals surface area contributed by atoms with Crippen molar-refractivity contribution < 1.29 is 18.7 Å². The van der Waals surface area contributed by atoms with Crippen LogP contribution in [-0.2, 0) is 17.9 Å². The fraction of sp³-hybridized carbons (Fsp3) is 0.368. The topological polar surface area (TPSA) is 71.8 Å². The average Bonchev–Trinajstić information content (AvgIpc) is 3.10. The van der Waals surface area contributed by atoms with Gasteiger partial charge in [0, 0.05) is 32.3 Å². The maximum atomic E-state index is 12.3. The van der Waals surface area contributed by atoms with Gasteiger partial charge in [-0.1, -0.05) is 12.1 Å². The van der Waals surface area contributed by atoms with Gasteiger partial charge in [0.2, 0.25) is 0 Å². The van der Waals surface area contributed by atoms with E-state index in [0.717, 1.165) is 5.56 Å². The van der Waals surface area contributed by atoms with E-state index in [-0.39, 0.29) is 17.6 Å². The molecule has 0 aliphatic heterocycles. The van der Waals surface area contributed by atoms with Crippen LogP contribution in [0, 0.1) is 0 Å². The Kier molecular flexibility index (Phi) is 6.77. The lowest BCUT2D eigenvalue weighted by molar-refractivity contribution is 0.0772. The van der Waals surface area contributed by atoms with E-state index in [2.05, 4.69) is 5.32 Å². The zero-order valence-corrected chi connectivity index (χ0v) is 14.9. The Labute approximate surface area is 147 Å². The fourth-order valence-electron chi connectivity index (χ4n) is 2.45. The van der Waals surface area contributed by atoms with E-state index in [9.17, 15) is 9.59 Å². The third kappa shape index (κ3) is 4.93. The van der Waals surface area contributed by atoms with Gasteiger partial charge >= 0.3 is 0 Å². The molecular formula is C19H24N2O4. The van der Waals surface area contributed by atoms with Gasteiger partial charge in [-0.3, -0.25) is 9.59 Å². The summed E-state index contributed by atoms with van der Waals surface area (Å²) in [6.07, 6.45) is 0. The molecular weight excluding hydrogens is 320 g/mol. The monoisotopic (exact) mass is 344 g/mol. The Bertz CT molecular complexity index is 702. The van der Waals surface area contributed by atoms with Gasteiger partial charge in [-0.05, 0) is 43.7 Å². The number of benzene rings is 1. The smallest absolute Gasteiger partial charge is 0.287 e. The summed E-state index contributed by atoms with van der Waals surface area (Å²) in [4.78, 5) is 26.1. The van der Waals surface area contributed by atoms with Crippen LogP contribution in [0.15, 0.2) is 40.8 Å². The van der Waals surface area contributed by atoms with Crippen molar-refractivity contribution in [3.63, 3.8) is 0 Å². The first-order chi connectivity index (χ1) is 12.1. The molecule has 6 heteroatoms. The van der Waals surface area contributed by atoms with Crippen LogP contribution in [0.2, 0.25) is 0 Å². The summed E-state index contributed by atoms with van der Waals surface area (Å²) in [5, 5.41) is 2.80. The second-order valence-corrected chi connectivity index (χ2v) is 5.56. The number of hydrogen-bond donors (Lipinski definition) is 1. The number of furan rings is 1. The van der Waals surface area contributed by atoms with Crippen LogP contribution in [0.4, 0.5) is 0 Å². The Morgan fingerprint density at radius 3 is 2.36 bits per heavy atom. The van der Waals surface area contributed by atoms with Gasteiger partial charge in [-0.25, -0.2) is 0 Å². The molecule has 1 aromatic carbocycles. The number of amides is 2. The minimum absolute atomic E-state index is 0.0156. The van der Waals surface area contributed by atoms with E-state index < -0.39 is 0 Å². The number of methoxy groups -OCH3 is 1. The average molecular weight is 344 g/mol. The largest absolute Gasteiger partial charge is 0.453 e. The van der Waals surface area contributed by atoms with Crippen LogP contribution in [-0.4, -0.2) is 36.9 Å². The highest BCUT2D eigenvalue weighted by atomic mass is 16.5. The second kappa shape index (κ2) is 9.03. The van der Waals surface area contributed by atoms with Crippen LogP contribution >= 0.6 is 0 Å². The normalized spacial score (nSPS) is 10.5. The lowest BCUT2D eigenvalue weighted by Crippen LogP contribution is -2.30. The molecule has 0 radical (unpaired) electrons. The molecule has 0 bridgehead atoms. The number of rotatable bonds is 8. The number of nitrogens with one attached hydrogen (secondary N) is 1. The molecule has 0 spiro atoms. The van der Waals surface area contributed by atoms with Crippen molar-refractivity contribution in [1.29, 1.82) is 0 Å². The summed E-state index contributed by atoms with van der Waals surface area (Å²) in [6, 6.07) is 10.6. The molecule has 0 atom stereocenters. The molecule has 0 fully saturated rings. The number of carbonyl (C=O) groups is 2. The highest BCUT2D eigenvalue weighted by molar-refractivity contribution is 5.94. The molecule has 25 heavy (non-hydrogen) atoms. The van der Waals surface area contributed by atoms with Gasteiger partial charge in [0.1, 0.15) is 12.4 Å². The maximum Gasteiger partial charge on any atom is 0.287 e. The summed E-state index contributed by atoms with van der Waals surface area (Å²) >= 11 is 0. The Morgan fingerprint density at radius 2 is 1.76 bits per heavy atom. The predicted octanol–water partition coefficient (Wildman–Crippen LogP) is 2.84. The van der Waals surface area contributed by atoms with E-state index in [4.69, 9.17) is 9.15 Å². The van der Waals surface area contributed by atoms with Gasteiger partial charge in [0.05, 0.1) is 0 Å². The lowest BCUT2D eigenvalue weighted by Gasteiger charge is -2.18. The zero-order chi connectivity index (χ0) is 18.2. The minimum atomic E-state index is -0.286. The zero-order valence-electron chi connectivity index (χ0n) is 14.9. The van der Waals surface area contributed by atoms with Crippen LogP contribution in [0.5, 0.6) is 0 Å². The molecule has 1 N–H and O–H groups in total. The third-order valence-electron chi connectivity index (χ3n) is 3.88. The van der Waals surface area contributed by atoms with Gasteiger partial charge in [-0.2, -0.15) is 0 Å². The van der Waals surface area contributed by atoms with Gasteiger partial charge in [0.25, 0.3) is 11.8 Å². The molecule has 2 aromatic rings. The van der Waals surface area contributed by atoms with Crippen molar-refractivity contribution in [2.24, 2.45) is 0 Å². The number of hydrogen-bond acceptors (Lipinski definition) is 4. The first kappa shape index (κ1) is 18.7. The van der Waals surface area contributed by atoms with Crippen molar-refractivity contribution in [2.45, 2.75) is 27.0 Å². The molecule has 0 saturated carbocycles. The Hall–Kier alpha value is -2.60. The highest BCUT2D eigenvalue weighted by Crippen LogP contribution is 2.10. The minimum Gasteiger partial charge on any atom is -0.453 e. The lowest BCUT2D eigenvalue weighted by atomic mass is 10.1. The molecule has 0 aliphatic carbocycles. The van der Waals surface area contributed by atoms with Crippen molar-refractivity contribution in [3.8, 4) is 0 Å². The van der Waals surface area contributed by atoms with E-state index in [1.165, 1.54) is 0 Å². The van der Waals surface area contributed by atoms with Crippen molar-refractivity contribution >= 4 is 11.8 Å². The number of nitrogens with zero attached hydrogens (tertiary/aromatic N) is 1. The summed E-state index contributed by atoms with van der Waals surface area (Å²) in [5.74, 6) is 0.583. The molecule has 1 heterocycles. The van der Waals surface area contributed by atoms with E-state index in [1.54, 1.807) is 36.3 Å². The molecule has 6 nitrogen and oxygen atoms in total. The molecule has 0 unspecified atom stereocenters. The van der Waals surface area contributed by atoms with E-state index in [1.807, 2.05) is 26.0 Å². The van der Waals surface area contributed by atoms with Crippen LogP contribution in [0.25, 0.3) is 0 Å². The van der Waals surface area contributed by atoms with Crippen LogP contribution in [0.1, 0.15) is 46.1 Å². The van der Waals surface area contributed by atoms with Crippen molar-refractivity contribution in [2.75, 3.05) is 20.2 Å². The second-order valence-electron chi connectivity index (χ2n) is 5.56. The molecule has 2 rings (SSSR count). The van der Waals surface area contributed by atoms with E-state index in [0.29, 0.717) is 37.6 Å². The first-order valence-electron chi connectivity index (χ1n) is 8.33. The third-order valence-corrected chi connectivity index (χ3v) is 3.88. The summed E-state index contributed by atoms with van der Waals surface area (Å²) in [7, 11) is 1.57. The molecule has 1 aromatic heterocycles. The van der Waals surface area contributed by atoms with Crippen molar-refractivity contribution in [3.05, 3.63) is 59.0 Å². The summed E-state index contributed by atoms with van der Waals surface area (Å²) < 4.78 is 10.3. The number of carbonyl (C=O) groups excluding carboxylic acids is 2. The number of ether oxygens (including phenoxy) is 1. The van der Waals surface area contributed by atoms with Crippen molar-refractivity contribution in [1.82, 2.24) is 10.2 Å². The predicted molar refractivity (Wildman–Crippen MR) is 94.3 cm³/mol. The summed E-state index contributed by atoms with van der Waals surface area (Å²) in [5.41, 5.74) is 1.56. The fourth-order valence-corrected chi connectivity index (χ4v) is 2.45. The highest BCUT2D eigenvalue weighted by Gasteiger charge is 2.13. The molecule has 0 saturated heterocycles. The van der Waals surface area contributed by atoms with Crippen LogP contribution < -0.4 is 5.32 Å². The van der Waals surface area contributed by atoms with Gasteiger partial charge in [-0.15, -0.1) is 0 Å². The van der Waals surface area contributed by atoms with Gasteiger partial charge < -0.3 is 19.4 Å². The molecule has 0 aliphatic rings. The quantitative estimate of drug-likeness (QED) is 0.799. The van der Waals surface area contributed by atoms with E-state index >= 15 is 0 Å². The molecule has 2 amide bonds. The maximum absolute atomic E-state index is 12.3. The van der Waals surface area contributed by atoms with Gasteiger partial charge in [0.15, 0.2) is 5.76 Å². The first-order valence-corrected chi connectivity index (χ1v) is 8.33. The standard InChI is InChI=1S/C19H24N2O4/c1-4-21(5-2)19(23)15-8-6-14(7-9-15)12-20-18(22)17-11-10-16(25-17)13-24-3/h6-11H,4-5,12-13H2,1-3H3,(H,20,22).